The average Bonchev–Trinajstić information content (AvgIpc) is 2.97. The van der Waals surface area contributed by atoms with Crippen LogP contribution in [0.25, 0.3) is 0 Å². The van der Waals surface area contributed by atoms with Crippen molar-refractivity contribution in [2.75, 3.05) is 0 Å². The smallest absolute Gasteiger partial charge is 0.159 e. The fourth-order valence-electron chi connectivity index (χ4n) is 2.00. The molecule has 2 unspecified atom stereocenters. The summed E-state index contributed by atoms with van der Waals surface area (Å²) < 4.78 is 0. The van der Waals surface area contributed by atoms with Gasteiger partial charge in [-0.25, -0.2) is 0 Å². The van der Waals surface area contributed by atoms with Crippen LogP contribution in [0.15, 0.2) is 24.3 Å². The van der Waals surface area contributed by atoms with E-state index in [2.05, 4.69) is 0 Å². The molecule has 0 bridgehead atoms. The fraction of sp³-hybridized carbons (Fsp3) is 0.385. The first kappa shape index (κ1) is 10.1. The second-order valence-electron chi connectivity index (χ2n) is 4.24. The molecular formula is C13H14O2. The number of carbonyl (C=O) groups is 2. The first-order valence-electron chi connectivity index (χ1n) is 5.21. The molecule has 2 heteroatoms. The van der Waals surface area contributed by atoms with Crippen molar-refractivity contribution in [1.82, 2.24) is 0 Å². The highest BCUT2D eigenvalue weighted by molar-refractivity contribution is 5.94. The molecular weight excluding hydrogens is 188 g/mol. The van der Waals surface area contributed by atoms with Gasteiger partial charge in [0.05, 0.1) is 0 Å². The van der Waals surface area contributed by atoms with E-state index >= 15 is 0 Å². The first-order chi connectivity index (χ1) is 7.09. The summed E-state index contributed by atoms with van der Waals surface area (Å²) in [6.45, 7) is 3.20. The lowest BCUT2D eigenvalue weighted by Crippen LogP contribution is -1.97. The van der Waals surface area contributed by atoms with E-state index in [0.717, 1.165) is 17.5 Å². The molecule has 0 aliphatic heterocycles. The van der Waals surface area contributed by atoms with Crippen LogP contribution >= 0.6 is 0 Å². The van der Waals surface area contributed by atoms with Gasteiger partial charge in [-0.1, -0.05) is 18.2 Å². The summed E-state index contributed by atoms with van der Waals surface area (Å²) in [5.74, 6) is 0.874. The largest absolute Gasteiger partial charge is 0.300 e. The summed E-state index contributed by atoms with van der Waals surface area (Å²) in [5.41, 5.74) is 1.87. The number of hydrogen-bond donors (Lipinski definition) is 0. The molecule has 2 nitrogen and oxygen atoms in total. The Labute approximate surface area is 89.3 Å². The van der Waals surface area contributed by atoms with Crippen LogP contribution in [-0.4, -0.2) is 11.6 Å². The summed E-state index contributed by atoms with van der Waals surface area (Å²) in [5, 5.41) is 0. The Balaban J connectivity index is 2.20. The van der Waals surface area contributed by atoms with Crippen LogP contribution in [0.3, 0.4) is 0 Å². The minimum atomic E-state index is 0.0804. The van der Waals surface area contributed by atoms with Crippen molar-refractivity contribution >= 4 is 11.6 Å². The summed E-state index contributed by atoms with van der Waals surface area (Å²) in [6, 6.07) is 7.62. The van der Waals surface area contributed by atoms with Crippen LogP contribution in [0.4, 0.5) is 0 Å². The third-order valence-corrected chi connectivity index (χ3v) is 3.03. The molecule has 2 rings (SSSR count). The van der Waals surface area contributed by atoms with E-state index in [1.165, 1.54) is 0 Å². The van der Waals surface area contributed by atoms with E-state index in [-0.39, 0.29) is 17.5 Å². The van der Waals surface area contributed by atoms with Crippen molar-refractivity contribution in [2.24, 2.45) is 5.92 Å². The molecule has 0 amide bonds. The van der Waals surface area contributed by atoms with Crippen LogP contribution < -0.4 is 0 Å². The highest BCUT2D eigenvalue weighted by atomic mass is 16.1. The maximum atomic E-state index is 11.2. The molecule has 15 heavy (non-hydrogen) atoms. The second-order valence-corrected chi connectivity index (χ2v) is 4.24. The van der Waals surface area contributed by atoms with Gasteiger partial charge >= 0.3 is 0 Å². The Hall–Kier alpha value is -1.44. The number of carbonyl (C=O) groups excluding carboxylic acids is 2. The Kier molecular flexibility index (Phi) is 2.43. The summed E-state index contributed by atoms with van der Waals surface area (Å²) in [6.07, 6.45) is 0.941. The lowest BCUT2D eigenvalue weighted by molar-refractivity contribution is -0.118. The quantitative estimate of drug-likeness (QED) is 0.706. The second kappa shape index (κ2) is 3.61. The molecule has 0 radical (unpaired) electrons. The van der Waals surface area contributed by atoms with Gasteiger partial charge in [0.2, 0.25) is 0 Å². The summed E-state index contributed by atoms with van der Waals surface area (Å²) >= 11 is 0. The van der Waals surface area contributed by atoms with Crippen LogP contribution in [0, 0.1) is 5.92 Å². The van der Waals surface area contributed by atoms with Gasteiger partial charge < -0.3 is 0 Å². The molecule has 1 aromatic rings. The van der Waals surface area contributed by atoms with Crippen molar-refractivity contribution in [3.63, 3.8) is 0 Å². The van der Waals surface area contributed by atoms with Gasteiger partial charge in [0.25, 0.3) is 0 Å². The summed E-state index contributed by atoms with van der Waals surface area (Å²) in [4.78, 5) is 22.3. The lowest BCUT2D eigenvalue weighted by Gasteiger charge is -2.01. The van der Waals surface area contributed by atoms with Crippen LogP contribution in [-0.2, 0) is 4.79 Å². The lowest BCUT2D eigenvalue weighted by atomic mass is 10.0. The van der Waals surface area contributed by atoms with Gasteiger partial charge in [0.15, 0.2) is 5.78 Å². The predicted molar refractivity (Wildman–Crippen MR) is 58.0 cm³/mol. The minimum Gasteiger partial charge on any atom is -0.300 e. The fourth-order valence-corrected chi connectivity index (χ4v) is 2.00. The molecule has 0 heterocycles. The number of Topliss-reactive ketones (excluding diaryl/α,β-unsaturated/α-hetero) is 2. The Morgan fingerprint density at radius 2 is 2.00 bits per heavy atom. The maximum absolute atomic E-state index is 11.2. The minimum absolute atomic E-state index is 0.0804. The number of ketones is 2. The topological polar surface area (TPSA) is 34.1 Å². The monoisotopic (exact) mass is 202 g/mol. The Morgan fingerprint density at radius 3 is 2.53 bits per heavy atom. The van der Waals surface area contributed by atoms with E-state index in [4.69, 9.17) is 0 Å². The molecule has 1 saturated carbocycles. The molecule has 0 spiro atoms. The van der Waals surface area contributed by atoms with E-state index in [0.29, 0.717) is 5.92 Å². The van der Waals surface area contributed by atoms with Crippen molar-refractivity contribution in [2.45, 2.75) is 26.2 Å². The van der Waals surface area contributed by atoms with E-state index in [1.807, 2.05) is 24.3 Å². The molecule has 78 valence electrons. The molecule has 0 aromatic heterocycles. The summed E-state index contributed by atoms with van der Waals surface area (Å²) in [7, 11) is 0. The third-order valence-electron chi connectivity index (χ3n) is 3.03. The van der Waals surface area contributed by atoms with Crippen molar-refractivity contribution < 1.29 is 9.59 Å². The maximum Gasteiger partial charge on any atom is 0.159 e. The molecule has 2 atom stereocenters. The molecule has 0 saturated heterocycles. The Morgan fingerprint density at radius 1 is 1.27 bits per heavy atom. The van der Waals surface area contributed by atoms with Gasteiger partial charge in [-0.3, -0.25) is 9.59 Å². The molecule has 1 aliphatic carbocycles. The van der Waals surface area contributed by atoms with E-state index in [1.54, 1.807) is 13.8 Å². The molecule has 1 fully saturated rings. The number of hydrogen-bond acceptors (Lipinski definition) is 2. The van der Waals surface area contributed by atoms with Gasteiger partial charge in [-0.15, -0.1) is 0 Å². The normalized spacial score (nSPS) is 23.6. The SMILES string of the molecule is CC(=O)c1cccc(C2CC2C(C)=O)c1. The van der Waals surface area contributed by atoms with Crippen LogP contribution in [0.1, 0.15) is 42.1 Å². The molecule has 1 aliphatic rings. The van der Waals surface area contributed by atoms with Gasteiger partial charge in [-0.05, 0) is 37.8 Å². The van der Waals surface area contributed by atoms with Crippen LogP contribution in [0.5, 0.6) is 0 Å². The highest BCUT2D eigenvalue weighted by Crippen LogP contribution is 2.47. The predicted octanol–water partition coefficient (Wildman–Crippen LogP) is 2.58. The van der Waals surface area contributed by atoms with Gasteiger partial charge in [-0.2, -0.15) is 0 Å². The number of benzene rings is 1. The zero-order valence-electron chi connectivity index (χ0n) is 8.99. The zero-order chi connectivity index (χ0) is 11.0. The molecule has 0 N–H and O–H groups in total. The van der Waals surface area contributed by atoms with Crippen LogP contribution in [0.2, 0.25) is 0 Å². The highest BCUT2D eigenvalue weighted by Gasteiger charge is 2.41. The van der Waals surface area contributed by atoms with E-state index in [9.17, 15) is 9.59 Å². The number of rotatable bonds is 3. The van der Waals surface area contributed by atoms with Gasteiger partial charge in [0, 0.05) is 11.5 Å². The standard InChI is InChI=1S/C13H14O2/c1-8(14)10-4-3-5-11(6-10)13-7-12(13)9(2)15/h3-6,12-13H,7H2,1-2H3. The zero-order valence-corrected chi connectivity index (χ0v) is 8.99. The van der Waals surface area contributed by atoms with E-state index < -0.39 is 0 Å². The van der Waals surface area contributed by atoms with Crippen molar-refractivity contribution in [1.29, 1.82) is 0 Å². The first-order valence-corrected chi connectivity index (χ1v) is 5.21. The van der Waals surface area contributed by atoms with Gasteiger partial charge in [0.1, 0.15) is 5.78 Å². The van der Waals surface area contributed by atoms with Crippen molar-refractivity contribution in [3.8, 4) is 0 Å². The average molecular weight is 202 g/mol. The molecule has 1 aromatic carbocycles. The Bertz CT molecular complexity index is 420. The third kappa shape index (κ3) is 1.99. The van der Waals surface area contributed by atoms with Crippen molar-refractivity contribution in [3.05, 3.63) is 35.4 Å².